The fourth-order valence-corrected chi connectivity index (χ4v) is 2.81. The van der Waals surface area contributed by atoms with Gasteiger partial charge in [0.05, 0.1) is 5.03 Å². The maximum atomic E-state index is 4.78. The third-order valence-electron chi connectivity index (χ3n) is 2.88. The van der Waals surface area contributed by atoms with Crippen molar-refractivity contribution in [3.05, 3.63) is 23.4 Å². The lowest BCUT2D eigenvalue weighted by atomic mass is 10.1. The van der Waals surface area contributed by atoms with E-state index in [1.54, 1.807) is 0 Å². The fraction of sp³-hybridized carbons (Fsp3) is 0.688. The van der Waals surface area contributed by atoms with E-state index >= 15 is 0 Å². The minimum atomic E-state index is 0.609. The number of aryl methyl sites for hydroxylation is 2. The molecular formula is C16H27NS. The third kappa shape index (κ3) is 5.90. The molecule has 0 amide bonds. The highest BCUT2D eigenvalue weighted by Crippen LogP contribution is 2.23. The molecule has 1 nitrogen and oxygen atoms in total. The minimum absolute atomic E-state index is 0.609. The maximum Gasteiger partial charge on any atom is 0.0968 e. The average Bonchev–Trinajstić information content (AvgIpc) is 2.33. The maximum absolute atomic E-state index is 4.78. The number of pyridine rings is 1. The van der Waals surface area contributed by atoms with E-state index in [0.717, 1.165) is 6.42 Å². The molecule has 0 unspecified atom stereocenters. The van der Waals surface area contributed by atoms with E-state index in [4.69, 9.17) is 4.98 Å². The lowest BCUT2D eigenvalue weighted by molar-refractivity contribution is 0.754. The van der Waals surface area contributed by atoms with Gasteiger partial charge in [-0.05, 0) is 43.4 Å². The molecule has 0 saturated heterocycles. The van der Waals surface area contributed by atoms with E-state index < -0.39 is 0 Å². The van der Waals surface area contributed by atoms with Crippen LogP contribution in [0.25, 0.3) is 0 Å². The summed E-state index contributed by atoms with van der Waals surface area (Å²) in [6.45, 7) is 8.96. The van der Waals surface area contributed by atoms with E-state index in [1.807, 2.05) is 11.8 Å². The third-order valence-corrected chi connectivity index (χ3v) is 3.80. The first-order valence-corrected chi connectivity index (χ1v) is 8.20. The molecule has 0 spiro atoms. The highest BCUT2D eigenvalue weighted by Gasteiger charge is 2.05. The molecule has 0 saturated carbocycles. The summed E-state index contributed by atoms with van der Waals surface area (Å²) in [6, 6.07) is 4.60. The Morgan fingerprint density at radius 3 is 2.33 bits per heavy atom. The fourth-order valence-electron chi connectivity index (χ4n) is 1.93. The predicted molar refractivity (Wildman–Crippen MR) is 82.5 cm³/mol. The number of aromatic nitrogens is 1. The Hall–Kier alpha value is -0.500. The van der Waals surface area contributed by atoms with Crippen molar-refractivity contribution in [1.29, 1.82) is 0 Å². The molecule has 102 valence electrons. The molecule has 0 fully saturated rings. The highest BCUT2D eigenvalue weighted by atomic mass is 32.2. The van der Waals surface area contributed by atoms with Crippen LogP contribution in [0.3, 0.4) is 0 Å². The van der Waals surface area contributed by atoms with E-state index in [0.29, 0.717) is 5.25 Å². The summed E-state index contributed by atoms with van der Waals surface area (Å²) in [7, 11) is 0. The number of hydrogen-bond donors (Lipinski definition) is 0. The SMILES string of the molecule is CCCCc1cc(CCCC)nc(SC(C)C)c1. The first-order valence-electron chi connectivity index (χ1n) is 7.32. The smallest absolute Gasteiger partial charge is 0.0968 e. The average molecular weight is 265 g/mol. The molecule has 0 aliphatic carbocycles. The summed E-state index contributed by atoms with van der Waals surface area (Å²) in [5.41, 5.74) is 2.76. The number of rotatable bonds is 8. The van der Waals surface area contributed by atoms with Crippen LogP contribution in [0.15, 0.2) is 17.2 Å². The van der Waals surface area contributed by atoms with Gasteiger partial charge in [0.25, 0.3) is 0 Å². The van der Waals surface area contributed by atoms with Gasteiger partial charge in [0.2, 0.25) is 0 Å². The van der Waals surface area contributed by atoms with Crippen LogP contribution in [0.1, 0.15) is 64.6 Å². The van der Waals surface area contributed by atoms with Gasteiger partial charge in [-0.3, -0.25) is 0 Å². The lowest BCUT2D eigenvalue weighted by Gasteiger charge is -2.10. The van der Waals surface area contributed by atoms with E-state index in [1.165, 1.54) is 48.4 Å². The quantitative estimate of drug-likeness (QED) is 0.594. The van der Waals surface area contributed by atoms with Crippen molar-refractivity contribution in [3.8, 4) is 0 Å². The highest BCUT2D eigenvalue weighted by molar-refractivity contribution is 7.99. The zero-order chi connectivity index (χ0) is 13.4. The Bertz CT molecular complexity index is 321. The summed E-state index contributed by atoms with van der Waals surface area (Å²) in [6.07, 6.45) is 7.36. The molecule has 1 rings (SSSR count). The van der Waals surface area contributed by atoms with Crippen molar-refractivity contribution < 1.29 is 0 Å². The number of nitrogens with zero attached hydrogens (tertiary/aromatic N) is 1. The van der Waals surface area contributed by atoms with Crippen LogP contribution in [0.2, 0.25) is 0 Å². The molecule has 1 aromatic rings. The first-order chi connectivity index (χ1) is 8.65. The zero-order valence-electron chi connectivity index (χ0n) is 12.3. The van der Waals surface area contributed by atoms with Crippen molar-refractivity contribution in [1.82, 2.24) is 4.98 Å². The second kappa shape index (κ2) is 8.58. The summed E-state index contributed by atoms with van der Waals surface area (Å²) in [5, 5.41) is 1.82. The van der Waals surface area contributed by atoms with Crippen LogP contribution in [0, 0.1) is 0 Å². The number of hydrogen-bond acceptors (Lipinski definition) is 2. The van der Waals surface area contributed by atoms with Crippen LogP contribution in [0.5, 0.6) is 0 Å². The van der Waals surface area contributed by atoms with Crippen LogP contribution in [-0.4, -0.2) is 10.2 Å². The molecule has 1 heterocycles. The largest absolute Gasteiger partial charge is 0.247 e. The van der Waals surface area contributed by atoms with Gasteiger partial charge < -0.3 is 0 Å². The molecule has 18 heavy (non-hydrogen) atoms. The van der Waals surface area contributed by atoms with Crippen LogP contribution in [-0.2, 0) is 12.8 Å². The summed E-state index contributed by atoms with van der Waals surface area (Å²) >= 11 is 1.88. The number of thioether (sulfide) groups is 1. The molecule has 0 aliphatic rings. The molecule has 0 atom stereocenters. The molecule has 0 radical (unpaired) electrons. The van der Waals surface area contributed by atoms with Gasteiger partial charge in [0.1, 0.15) is 0 Å². The van der Waals surface area contributed by atoms with Gasteiger partial charge in [-0.15, -0.1) is 11.8 Å². The molecule has 1 aromatic heterocycles. The van der Waals surface area contributed by atoms with Gasteiger partial charge in [-0.25, -0.2) is 4.98 Å². The van der Waals surface area contributed by atoms with E-state index in [-0.39, 0.29) is 0 Å². The second-order valence-electron chi connectivity index (χ2n) is 5.18. The zero-order valence-corrected chi connectivity index (χ0v) is 13.1. The van der Waals surface area contributed by atoms with Crippen LogP contribution < -0.4 is 0 Å². The minimum Gasteiger partial charge on any atom is -0.247 e. The van der Waals surface area contributed by atoms with Crippen LogP contribution >= 0.6 is 11.8 Å². The second-order valence-corrected chi connectivity index (χ2v) is 6.78. The van der Waals surface area contributed by atoms with E-state index in [9.17, 15) is 0 Å². The Morgan fingerprint density at radius 1 is 1.06 bits per heavy atom. The monoisotopic (exact) mass is 265 g/mol. The molecule has 0 bridgehead atoms. The van der Waals surface area contributed by atoms with Crippen molar-refractivity contribution >= 4 is 11.8 Å². The molecule has 0 aromatic carbocycles. The van der Waals surface area contributed by atoms with Gasteiger partial charge in [0.15, 0.2) is 0 Å². The lowest BCUT2D eigenvalue weighted by Crippen LogP contribution is -1.98. The van der Waals surface area contributed by atoms with Gasteiger partial charge in [-0.2, -0.15) is 0 Å². The summed E-state index contributed by atoms with van der Waals surface area (Å²) < 4.78 is 0. The van der Waals surface area contributed by atoms with Crippen molar-refractivity contribution in [2.24, 2.45) is 0 Å². The Labute approximate surface area is 117 Å². The normalized spacial score (nSPS) is 11.2. The Kier molecular flexibility index (Phi) is 7.41. The van der Waals surface area contributed by atoms with Gasteiger partial charge in [-0.1, -0.05) is 40.5 Å². The van der Waals surface area contributed by atoms with Crippen molar-refractivity contribution in [2.45, 2.75) is 76.5 Å². The van der Waals surface area contributed by atoms with Gasteiger partial charge in [0, 0.05) is 10.9 Å². The first kappa shape index (κ1) is 15.6. The van der Waals surface area contributed by atoms with Gasteiger partial charge >= 0.3 is 0 Å². The Balaban J connectivity index is 2.81. The summed E-state index contributed by atoms with van der Waals surface area (Å²) in [4.78, 5) is 4.78. The molecule has 2 heteroatoms. The van der Waals surface area contributed by atoms with Crippen molar-refractivity contribution in [2.75, 3.05) is 0 Å². The molecular weight excluding hydrogens is 238 g/mol. The van der Waals surface area contributed by atoms with E-state index in [2.05, 4.69) is 39.8 Å². The molecule has 0 aliphatic heterocycles. The number of unbranched alkanes of at least 4 members (excludes halogenated alkanes) is 2. The predicted octanol–water partition coefficient (Wildman–Crippen LogP) is 5.27. The van der Waals surface area contributed by atoms with Crippen molar-refractivity contribution in [3.63, 3.8) is 0 Å². The Morgan fingerprint density at radius 2 is 1.72 bits per heavy atom. The topological polar surface area (TPSA) is 12.9 Å². The van der Waals surface area contributed by atoms with Crippen LogP contribution in [0.4, 0.5) is 0 Å². The molecule has 0 N–H and O–H groups in total. The summed E-state index contributed by atoms with van der Waals surface area (Å²) in [5.74, 6) is 0. The standard InChI is InChI=1S/C16H27NS/c1-5-7-9-14-11-15(10-8-6-2)17-16(12-14)18-13(3)4/h11-13H,5-10H2,1-4H3.